The SMILES string of the molecule is CCOC(=O)c1ccc(NC(=O)CSc2nc3nc(C)cc(C)n3n2)cc1. The van der Waals surface area contributed by atoms with Crippen LogP contribution in [0.2, 0.25) is 0 Å². The summed E-state index contributed by atoms with van der Waals surface area (Å²) in [5, 5.41) is 7.62. The van der Waals surface area contributed by atoms with Gasteiger partial charge in [0.15, 0.2) is 0 Å². The molecule has 2 aromatic heterocycles. The van der Waals surface area contributed by atoms with Crippen LogP contribution in [0.25, 0.3) is 5.78 Å². The van der Waals surface area contributed by atoms with Crippen molar-refractivity contribution in [2.45, 2.75) is 25.9 Å². The van der Waals surface area contributed by atoms with E-state index in [0.717, 1.165) is 11.4 Å². The van der Waals surface area contributed by atoms with Gasteiger partial charge in [-0.15, -0.1) is 5.10 Å². The predicted octanol–water partition coefficient (Wildman–Crippen LogP) is 2.65. The fraction of sp³-hybridized carbons (Fsp3) is 0.278. The molecule has 140 valence electrons. The Morgan fingerprint density at radius 1 is 1.19 bits per heavy atom. The molecule has 9 heteroatoms. The van der Waals surface area contributed by atoms with Gasteiger partial charge in [0.1, 0.15) is 0 Å². The third-order valence-corrected chi connectivity index (χ3v) is 4.45. The first-order valence-electron chi connectivity index (χ1n) is 8.37. The number of carbonyl (C=O) groups is 2. The van der Waals surface area contributed by atoms with E-state index >= 15 is 0 Å². The first-order valence-corrected chi connectivity index (χ1v) is 9.35. The van der Waals surface area contributed by atoms with Gasteiger partial charge >= 0.3 is 5.97 Å². The molecule has 8 nitrogen and oxygen atoms in total. The molecule has 0 bridgehead atoms. The van der Waals surface area contributed by atoms with Gasteiger partial charge in [-0.3, -0.25) is 4.79 Å². The molecule has 0 spiro atoms. The Hall–Kier alpha value is -2.94. The number of aryl methyl sites for hydroxylation is 2. The van der Waals surface area contributed by atoms with Gasteiger partial charge in [0.05, 0.1) is 17.9 Å². The number of anilines is 1. The number of hydrogen-bond acceptors (Lipinski definition) is 7. The maximum absolute atomic E-state index is 12.1. The normalized spacial score (nSPS) is 10.8. The van der Waals surface area contributed by atoms with Crippen LogP contribution in [0.5, 0.6) is 0 Å². The lowest BCUT2D eigenvalue weighted by Gasteiger charge is -2.05. The van der Waals surface area contributed by atoms with Crippen molar-refractivity contribution in [1.29, 1.82) is 0 Å². The lowest BCUT2D eigenvalue weighted by atomic mass is 10.2. The highest BCUT2D eigenvalue weighted by Crippen LogP contribution is 2.16. The summed E-state index contributed by atoms with van der Waals surface area (Å²) in [6.45, 7) is 5.90. The van der Waals surface area contributed by atoms with Crippen molar-refractivity contribution in [3.05, 3.63) is 47.3 Å². The van der Waals surface area contributed by atoms with Crippen LogP contribution in [0.1, 0.15) is 28.7 Å². The van der Waals surface area contributed by atoms with Crippen LogP contribution < -0.4 is 5.32 Å². The highest BCUT2D eigenvalue weighted by Gasteiger charge is 2.11. The summed E-state index contributed by atoms with van der Waals surface area (Å²) >= 11 is 1.23. The molecule has 1 aromatic carbocycles. The van der Waals surface area contributed by atoms with E-state index in [9.17, 15) is 9.59 Å². The second kappa shape index (κ2) is 8.17. The molecule has 0 saturated carbocycles. The third kappa shape index (κ3) is 4.62. The Bertz CT molecular complexity index is 985. The zero-order valence-corrected chi connectivity index (χ0v) is 16.0. The van der Waals surface area contributed by atoms with Crippen molar-refractivity contribution in [1.82, 2.24) is 19.6 Å². The van der Waals surface area contributed by atoms with E-state index in [2.05, 4.69) is 20.4 Å². The Morgan fingerprint density at radius 2 is 1.93 bits per heavy atom. The number of carbonyl (C=O) groups excluding carboxylic acids is 2. The van der Waals surface area contributed by atoms with E-state index in [0.29, 0.717) is 28.8 Å². The summed E-state index contributed by atoms with van der Waals surface area (Å²) in [6.07, 6.45) is 0. The van der Waals surface area contributed by atoms with E-state index in [1.165, 1.54) is 11.8 Å². The lowest BCUT2D eigenvalue weighted by molar-refractivity contribution is -0.113. The summed E-state index contributed by atoms with van der Waals surface area (Å²) in [5.74, 6) is 0.103. The van der Waals surface area contributed by atoms with Crippen LogP contribution >= 0.6 is 11.8 Å². The van der Waals surface area contributed by atoms with Crippen LogP contribution in [0, 0.1) is 13.8 Å². The number of nitrogens with one attached hydrogen (secondary N) is 1. The summed E-state index contributed by atoms with van der Waals surface area (Å²) in [4.78, 5) is 32.4. The smallest absolute Gasteiger partial charge is 0.338 e. The fourth-order valence-electron chi connectivity index (χ4n) is 2.44. The van der Waals surface area contributed by atoms with Gasteiger partial charge < -0.3 is 10.1 Å². The molecule has 1 amide bonds. The molecule has 3 aromatic rings. The summed E-state index contributed by atoms with van der Waals surface area (Å²) in [5.41, 5.74) is 2.84. The third-order valence-electron chi connectivity index (χ3n) is 3.61. The van der Waals surface area contributed by atoms with Gasteiger partial charge in [0.2, 0.25) is 11.1 Å². The van der Waals surface area contributed by atoms with Gasteiger partial charge in [-0.1, -0.05) is 11.8 Å². The molecular weight excluding hydrogens is 366 g/mol. The Balaban J connectivity index is 1.58. The molecule has 0 atom stereocenters. The average Bonchev–Trinajstić information content (AvgIpc) is 3.04. The lowest BCUT2D eigenvalue weighted by Crippen LogP contribution is -2.14. The topological polar surface area (TPSA) is 98.5 Å². The fourth-order valence-corrected chi connectivity index (χ4v) is 3.06. The quantitative estimate of drug-likeness (QED) is 0.514. The van der Waals surface area contributed by atoms with Crippen molar-refractivity contribution < 1.29 is 14.3 Å². The van der Waals surface area contributed by atoms with Crippen molar-refractivity contribution in [2.24, 2.45) is 0 Å². The second-order valence-corrected chi connectivity index (χ2v) is 6.72. The molecule has 0 aliphatic rings. The van der Waals surface area contributed by atoms with Gasteiger partial charge in [-0.25, -0.2) is 14.3 Å². The molecule has 2 heterocycles. The van der Waals surface area contributed by atoms with Crippen molar-refractivity contribution in [2.75, 3.05) is 17.7 Å². The van der Waals surface area contributed by atoms with E-state index in [1.807, 2.05) is 19.9 Å². The standard InChI is InChI=1S/C18H19N5O3S/c1-4-26-16(25)13-5-7-14(8-6-13)20-15(24)10-27-18-21-17-19-11(2)9-12(3)23(17)22-18/h5-9H,4,10H2,1-3H3,(H,20,24). The molecule has 1 N–H and O–H groups in total. The Labute approximate surface area is 160 Å². The number of amides is 1. The maximum atomic E-state index is 12.1. The number of fused-ring (bicyclic) bond motifs is 1. The zero-order valence-electron chi connectivity index (χ0n) is 15.2. The molecule has 27 heavy (non-hydrogen) atoms. The highest BCUT2D eigenvalue weighted by atomic mass is 32.2. The highest BCUT2D eigenvalue weighted by molar-refractivity contribution is 7.99. The number of nitrogens with zero attached hydrogens (tertiary/aromatic N) is 4. The molecule has 3 rings (SSSR count). The van der Waals surface area contributed by atoms with Crippen molar-refractivity contribution >= 4 is 35.1 Å². The maximum Gasteiger partial charge on any atom is 0.338 e. The zero-order chi connectivity index (χ0) is 19.4. The van der Waals surface area contributed by atoms with E-state index in [4.69, 9.17) is 4.74 Å². The number of rotatable bonds is 6. The minimum absolute atomic E-state index is 0.161. The van der Waals surface area contributed by atoms with Crippen LogP contribution in [-0.4, -0.2) is 43.8 Å². The summed E-state index contributed by atoms with van der Waals surface area (Å²) in [7, 11) is 0. The van der Waals surface area contributed by atoms with Crippen LogP contribution in [0.4, 0.5) is 5.69 Å². The van der Waals surface area contributed by atoms with E-state index in [-0.39, 0.29) is 17.6 Å². The minimum atomic E-state index is -0.386. The first-order chi connectivity index (χ1) is 13.0. The largest absolute Gasteiger partial charge is 0.462 e. The molecule has 0 aliphatic heterocycles. The van der Waals surface area contributed by atoms with Crippen molar-refractivity contribution in [3.63, 3.8) is 0 Å². The number of ether oxygens (including phenoxy) is 1. The van der Waals surface area contributed by atoms with Gasteiger partial charge in [-0.05, 0) is 51.1 Å². The van der Waals surface area contributed by atoms with Crippen LogP contribution in [0.3, 0.4) is 0 Å². The number of aromatic nitrogens is 4. The predicted molar refractivity (Wildman–Crippen MR) is 102 cm³/mol. The number of hydrogen-bond donors (Lipinski definition) is 1. The van der Waals surface area contributed by atoms with Gasteiger partial charge in [0.25, 0.3) is 5.78 Å². The van der Waals surface area contributed by atoms with Crippen LogP contribution in [0.15, 0.2) is 35.5 Å². The summed E-state index contributed by atoms with van der Waals surface area (Å²) < 4.78 is 6.58. The van der Waals surface area contributed by atoms with Crippen molar-refractivity contribution in [3.8, 4) is 0 Å². The average molecular weight is 385 g/mol. The van der Waals surface area contributed by atoms with Crippen LogP contribution in [-0.2, 0) is 9.53 Å². The molecule has 0 fully saturated rings. The molecule has 0 unspecified atom stereocenters. The minimum Gasteiger partial charge on any atom is -0.462 e. The molecule has 0 aliphatic carbocycles. The number of benzene rings is 1. The second-order valence-electron chi connectivity index (χ2n) is 5.78. The van der Waals surface area contributed by atoms with Gasteiger partial charge in [-0.2, -0.15) is 4.98 Å². The molecule has 0 radical (unpaired) electrons. The van der Waals surface area contributed by atoms with E-state index in [1.54, 1.807) is 35.7 Å². The first kappa shape index (κ1) is 18.8. The van der Waals surface area contributed by atoms with E-state index < -0.39 is 0 Å². The Morgan fingerprint density at radius 3 is 2.63 bits per heavy atom. The number of thioether (sulfide) groups is 1. The monoisotopic (exact) mass is 385 g/mol. The Kier molecular flexibility index (Phi) is 5.70. The molecular formula is C18H19N5O3S. The summed E-state index contributed by atoms with van der Waals surface area (Å²) in [6, 6.07) is 8.47. The van der Waals surface area contributed by atoms with Gasteiger partial charge in [0, 0.05) is 17.1 Å². The molecule has 0 saturated heterocycles. The number of esters is 1.